The number of carbonyl (C=O) groups excluding carboxylic acids is 1. The Morgan fingerprint density at radius 3 is 2.62 bits per heavy atom. The smallest absolute Gasteiger partial charge is 0.145 e. The van der Waals surface area contributed by atoms with Gasteiger partial charge in [0.2, 0.25) is 0 Å². The van der Waals surface area contributed by atoms with Crippen molar-refractivity contribution in [1.82, 2.24) is 5.32 Å². The summed E-state index contributed by atoms with van der Waals surface area (Å²) in [5.41, 5.74) is 0.574. The molecule has 21 heavy (non-hydrogen) atoms. The summed E-state index contributed by atoms with van der Waals surface area (Å²) in [6.07, 6.45) is 14.5. The number of aldehydes is 1. The molecule has 2 nitrogen and oxygen atoms in total. The van der Waals surface area contributed by atoms with Crippen LogP contribution in [-0.2, 0) is 4.79 Å². The summed E-state index contributed by atoms with van der Waals surface area (Å²) >= 11 is 0. The lowest BCUT2D eigenvalue weighted by Crippen LogP contribution is -2.04. The van der Waals surface area contributed by atoms with Crippen LogP contribution in [0.3, 0.4) is 0 Å². The largest absolute Gasteiger partial charge is 0.388 e. The van der Waals surface area contributed by atoms with Gasteiger partial charge < -0.3 is 5.32 Å². The van der Waals surface area contributed by atoms with Crippen molar-refractivity contribution in [3.63, 3.8) is 0 Å². The van der Waals surface area contributed by atoms with Gasteiger partial charge in [0.1, 0.15) is 12.1 Å². The molecule has 1 aliphatic carbocycles. The molecule has 3 heteroatoms. The maximum Gasteiger partial charge on any atom is 0.145 e. The summed E-state index contributed by atoms with van der Waals surface area (Å²) in [6.45, 7) is 11.7. The normalized spacial score (nSPS) is 16.4. The fraction of sp³-hybridized carbons (Fsp3) is 0.389. The highest BCUT2D eigenvalue weighted by Crippen LogP contribution is 2.18. The Labute approximate surface area is 128 Å². The Bertz CT molecular complexity index is 392. The molecule has 1 atom stereocenters. The Morgan fingerprint density at radius 1 is 1.52 bits per heavy atom. The topological polar surface area (TPSA) is 29.1 Å². The average Bonchev–Trinajstić information content (AvgIpc) is 2.50. The molecule has 0 amide bonds. The number of hydrogen-bond acceptors (Lipinski definition) is 2. The van der Waals surface area contributed by atoms with Crippen molar-refractivity contribution in [1.29, 1.82) is 0 Å². The van der Waals surface area contributed by atoms with Gasteiger partial charge in [0.15, 0.2) is 0 Å². The highest BCUT2D eigenvalue weighted by Gasteiger charge is 2.04. The monoisotopic (exact) mass is 293 g/mol. The highest BCUT2D eigenvalue weighted by molar-refractivity contribution is 5.70. The van der Waals surface area contributed by atoms with Gasteiger partial charge in [0.25, 0.3) is 0 Å². The molecule has 0 radical (unpaired) electrons. The molecule has 0 heterocycles. The van der Waals surface area contributed by atoms with Crippen molar-refractivity contribution in [3.05, 3.63) is 60.6 Å². The molecule has 1 rings (SSSR count). The zero-order chi connectivity index (χ0) is 16.5. The van der Waals surface area contributed by atoms with E-state index < -0.39 is 0 Å². The molecule has 1 N–H and O–H groups in total. The lowest BCUT2D eigenvalue weighted by molar-refractivity contribution is -0.104. The number of rotatable bonds is 5. The lowest BCUT2D eigenvalue weighted by atomic mass is 10.00. The molecule has 1 aliphatic rings. The van der Waals surface area contributed by atoms with E-state index in [1.54, 1.807) is 13.0 Å². The van der Waals surface area contributed by atoms with Crippen LogP contribution in [0.2, 0.25) is 0 Å². The lowest BCUT2D eigenvalue weighted by Gasteiger charge is -2.08. The van der Waals surface area contributed by atoms with E-state index in [-0.39, 0.29) is 11.7 Å². The average molecular weight is 293 g/mol. The van der Waals surface area contributed by atoms with E-state index >= 15 is 0 Å². The Balaban J connectivity index is 0. The van der Waals surface area contributed by atoms with Crippen LogP contribution in [-0.4, -0.2) is 12.8 Å². The van der Waals surface area contributed by atoms with E-state index in [0.29, 0.717) is 5.57 Å². The van der Waals surface area contributed by atoms with Crippen molar-refractivity contribution in [2.24, 2.45) is 5.92 Å². The first-order chi connectivity index (χ1) is 10.1. The number of allylic oxidation sites excluding steroid dienone is 7. The first-order valence-electron chi connectivity index (χ1n) is 7.26. The van der Waals surface area contributed by atoms with Gasteiger partial charge in [0.05, 0.1) is 0 Å². The van der Waals surface area contributed by atoms with E-state index in [1.807, 2.05) is 51.3 Å². The zero-order valence-electron chi connectivity index (χ0n) is 13.6. The number of halogens is 1. The van der Waals surface area contributed by atoms with Gasteiger partial charge in [-0.3, -0.25) is 4.79 Å². The second-order valence-corrected chi connectivity index (χ2v) is 4.15. The fourth-order valence-electron chi connectivity index (χ4n) is 1.30. The standard InChI is InChI=1S/C12H16FN.C4H6O.C2H6/c1-2-8-14-9-4-6-11-5-3-7-12(13)10-11;1-4(2)3-5;1-2/h2-4,6-8,10-11,14H,5,9H2,1H3;3H,1H2,2H3;1-2H3/b6-4+,8-2+;;. The summed E-state index contributed by atoms with van der Waals surface area (Å²) in [4.78, 5) is 9.41. The maximum absolute atomic E-state index is 12.8. The Kier molecular flexibility index (Phi) is 16.5. The third kappa shape index (κ3) is 16.0. The van der Waals surface area contributed by atoms with Gasteiger partial charge in [-0.25, -0.2) is 4.39 Å². The van der Waals surface area contributed by atoms with E-state index in [1.165, 1.54) is 6.08 Å². The van der Waals surface area contributed by atoms with Gasteiger partial charge in [0, 0.05) is 12.5 Å². The minimum absolute atomic E-state index is 0.132. The zero-order valence-corrected chi connectivity index (χ0v) is 13.6. The molecule has 0 saturated heterocycles. The predicted molar refractivity (Wildman–Crippen MR) is 90.6 cm³/mol. The van der Waals surface area contributed by atoms with Crippen LogP contribution in [0.25, 0.3) is 0 Å². The molecule has 1 unspecified atom stereocenters. The third-order valence-electron chi connectivity index (χ3n) is 2.16. The first kappa shape index (κ1) is 21.4. The molecule has 118 valence electrons. The van der Waals surface area contributed by atoms with Crippen molar-refractivity contribution in [2.45, 2.75) is 34.1 Å². The summed E-state index contributed by atoms with van der Waals surface area (Å²) in [5, 5.41) is 3.09. The van der Waals surface area contributed by atoms with Gasteiger partial charge in [-0.15, -0.1) is 0 Å². The van der Waals surface area contributed by atoms with Crippen LogP contribution >= 0.6 is 0 Å². The quantitative estimate of drug-likeness (QED) is 0.339. The number of hydrogen-bond donors (Lipinski definition) is 1. The third-order valence-corrected chi connectivity index (χ3v) is 2.16. The Morgan fingerprint density at radius 2 is 2.14 bits per heavy atom. The van der Waals surface area contributed by atoms with Gasteiger partial charge in [-0.1, -0.05) is 44.7 Å². The first-order valence-corrected chi connectivity index (χ1v) is 7.26. The summed E-state index contributed by atoms with van der Waals surface area (Å²) < 4.78 is 12.8. The van der Waals surface area contributed by atoms with Gasteiger partial charge in [-0.2, -0.15) is 0 Å². The second kappa shape index (κ2) is 16.2. The van der Waals surface area contributed by atoms with Crippen molar-refractivity contribution in [3.8, 4) is 0 Å². The molecule has 0 aliphatic heterocycles. The van der Waals surface area contributed by atoms with Gasteiger partial charge in [-0.05, 0) is 44.2 Å². The SMILES string of the molecule is C/C=C/NC/C=C/C1C=C(F)C=CC1.C=C(C)C=O.CC. The van der Waals surface area contributed by atoms with E-state index in [2.05, 4.69) is 11.9 Å². The predicted octanol–water partition coefficient (Wildman–Crippen LogP) is 4.88. The molecule has 0 aromatic carbocycles. The molecule has 0 aromatic heterocycles. The van der Waals surface area contributed by atoms with Crippen LogP contribution < -0.4 is 5.32 Å². The highest BCUT2D eigenvalue weighted by atomic mass is 19.1. The molecule has 0 bridgehead atoms. The second-order valence-electron chi connectivity index (χ2n) is 4.15. The summed E-state index contributed by atoms with van der Waals surface area (Å²) in [7, 11) is 0. The molecule has 0 fully saturated rings. The van der Waals surface area contributed by atoms with Crippen LogP contribution in [0, 0.1) is 5.92 Å². The Hall–Kier alpha value is -1.90. The van der Waals surface area contributed by atoms with E-state index in [9.17, 15) is 9.18 Å². The van der Waals surface area contributed by atoms with Crippen LogP contribution in [0.5, 0.6) is 0 Å². The molecular formula is C18H28FNO. The summed E-state index contributed by atoms with van der Waals surface area (Å²) in [5.74, 6) is 0.0831. The van der Waals surface area contributed by atoms with Crippen molar-refractivity contribution >= 4 is 6.29 Å². The van der Waals surface area contributed by atoms with Crippen LogP contribution in [0.1, 0.15) is 34.1 Å². The van der Waals surface area contributed by atoms with E-state index in [4.69, 9.17) is 0 Å². The molecule has 0 aromatic rings. The van der Waals surface area contributed by atoms with Crippen LogP contribution in [0.15, 0.2) is 60.6 Å². The van der Waals surface area contributed by atoms with Crippen LogP contribution in [0.4, 0.5) is 4.39 Å². The van der Waals surface area contributed by atoms with Gasteiger partial charge >= 0.3 is 0 Å². The number of nitrogens with one attached hydrogen (secondary N) is 1. The summed E-state index contributed by atoms with van der Waals surface area (Å²) in [6, 6.07) is 0. The fourth-order valence-corrected chi connectivity index (χ4v) is 1.30. The molecular weight excluding hydrogens is 265 g/mol. The minimum atomic E-state index is -0.132. The number of carbonyl (C=O) groups is 1. The maximum atomic E-state index is 12.8. The molecule has 0 spiro atoms. The minimum Gasteiger partial charge on any atom is -0.388 e. The van der Waals surface area contributed by atoms with Crippen molar-refractivity contribution in [2.75, 3.05) is 6.54 Å². The van der Waals surface area contributed by atoms with E-state index in [0.717, 1.165) is 19.3 Å². The van der Waals surface area contributed by atoms with Crippen molar-refractivity contribution < 1.29 is 9.18 Å². The molecule has 0 saturated carbocycles.